The second-order valence-corrected chi connectivity index (χ2v) is 15.8. The summed E-state index contributed by atoms with van der Waals surface area (Å²) >= 11 is 0.168. The average molecular weight is 767 g/mol. The van der Waals surface area contributed by atoms with Gasteiger partial charge in [0.05, 0.1) is 0 Å². The van der Waals surface area contributed by atoms with Crippen LogP contribution in [0.3, 0.4) is 0 Å². The van der Waals surface area contributed by atoms with E-state index >= 15 is 0 Å². The van der Waals surface area contributed by atoms with E-state index in [4.69, 9.17) is 10.2 Å². The molecule has 0 aliphatic carbocycles. The molecule has 0 aliphatic heterocycles. The SMILES string of the molecule is c1ccc(-c2ccccc2-c2ccc3[se]c4ccccc4c3c2-c2cccc(-c3ccccc3)c2-c2nnnc(-c3ccccc3)c2-c2ccccc2)cc1. The predicted octanol–water partition coefficient (Wildman–Crippen LogP) is 12.9. The van der Waals surface area contributed by atoms with Crippen molar-refractivity contribution in [2.24, 2.45) is 0 Å². The molecule has 55 heavy (non-hydrogen) atoms. The summed E-state index contributed by atoms with van der Waals surface area (Å²) in [6, 6.07) is 71.5. The van der Waals surface area contributed by atoms with Crippen molar-refractivity contribution in [2.75, 3.05) is 0 Å². The van der Waals surface area contributed by atoms with Crippen molar-refractivity contribution in [3.8, 4) is 78.1 Å². The second kappa shape index (κ2) is 14.3. The summed E-state index contributed by atoms with van der Waals surface area (Å²) in [5.74, 6) is 0. The predicted molar refractivity (Wildman–Crippen MR) is 230 cm³/mol. The van der Waals surface area contributed by atoms with E-state index in [1.165, 1.54) is 47.1 Å². The van der Waals surface area contributed by atoms with Crippen molar-refractivity contribution in [1.29, 1.82) is 0 Å². The fraction of sp³-hybridized carbons (Fsp3) is 0. The molecule has 258 valence electrons. The Balaban J connectivity index is 1.38. The molecule has 0 radical (unpaired) electrons. The Bertz CT molecular complexity index is 2960. The molecule has 2 heterocycles. The standard InChI is InChI=1S/C51H33N3Se/c1-5-18-34(19-6-1)38-26-13-14-27-40(38)41-32-33-45-49(42-28-15-16-31-44(42)55-45)47(41)43-30-17-29-39(35-20-7-2-8-21-35)48(43)51-46(36-22-9-3-10-23-36)50(52-54-53-51)37-24-11-4-12-25-37/h1-33H. The summed E-state index contributed by atoms with van der Waals surface area (Å²) in [7, 11) is 0. The summed E-state index contributed by atoms with van der Waals surface area (Å²) in [5.41, 5.74) is 14.9. The zero-order valence-corrected chi connectivity index (χ0v) is 31.5. The van der Waals surface area contributed by atoms with Crippen LogP contribution in [0.4, 0.5) is 0 Å². The van der Waals surface area contributed by atoms with Crippen LogP contribution >= 0.6 is 0 Å². The third-order valence-electron chi connectivity index (χ3n) is 10.4. The van der Waals surface area contributed by atoms with Crippen molar-refractivity contribution >= 4 is 33.8 Å². The average Bonchev–Trinajstić information content (AvgIpc) is 3.66. The van der Waals surface area contributed by atoms with Gasteiger partial charge in [-0.15, -0.1) is 0 Å². The molecular weight excluding hydrogens is 734 g/mol. The normalized spacial score (nSPS) is 11.3. The molecule has 0 amide bonds. The van der Waals surface area contributed by atoms with Gasteiger partial charge >= 0.3 is 328 Å². The summed E-state index contributed by atoms with van der Waals surface area (Å²) in [5, 5.41) is 16.9. The van der Waals surface area contributed by atoms with Crippen molar-refractivity contribution in [3.63, 3.8) is 0 Å². The van der Waals surface area contributed by atoms with Crippen LogP contribution in [-0.4, -0.2) is 29.9 Å². The maximum absolute atomic E-state index is 5.03. The van der Waals surface area contributed by atoms with Gasteiger partial charge in [0.15, 0.2) is 0 Å². The summed E-state index contributed by atoms with van der Waals surface area (Å²) in [6.07, 6.45) is 0. The first-order valence-electron chi connectivity index (χ1n) is 18.5. The van der Waals surface area contributed by atoms with Gasteiger partial charge < -0.3 is 0 Å². The molecule has 0 spiro atoms. The summed E-state index contributed by atoms with van der Waals surface area (Å²) in [6.45, 7) is 0. The quantitative estimate of drug-likeness (QED) is 0.152. The van der Waals surface area contributed by atoms with E-state index in [9.17, 15) is 0 Å². The summed E-state index contributed by atoms with van der Waals surface area (Å²) in [4.78, 5) is 0. The molecule has 0 saturated carbocycles. The molecule has 2 aromatic heterocycles. The van der Waals surface area contributed by atoms with Crippen molar-refractivity contribution < 1.29 is 0 Å². The molecule has 0 aliphatic rings. The Morgan fingerprint density at radius 2 is 0.818 bits per heavy atom. The van der Waals surface area contributed by atoms with Crippen LogP contribution in [0.15, 0.2) is 200 Å². The molecule has 8 aromatic carbocycles. The molecule has 0 bridgehead atoms. The van der Waals surface area contributed by atoms with Crippen molar-refractivity contribution in [3.05, 3.63) is 200 Å². The molecule has 3 nitrogen and oxygen atoms in total. The van der Waals surface area contributed by atoms with Crippen molar-refractivity contribution in [1.82, 2.24) is 15.4 Å². The van der Waals surface area contributed by atoms with E-state index in [0.717, 1.165) is 50.3 Å². The van der Waals surface area contributed by atoms with Crippen LogP contribution in [0.1, 0.15) is 0 Å². The van der Waals surface area contributed by atoms with Crippen LogP contribution in [0, 0.1) is 0 Å². The van der Waals surface area contributed by atoms with E-state index < -0.39 is 0 Å². The third kappa shape index (κ3) is 5.89. The Labute approximate surface area is 326 Å². The molecule has 0 fully saturated rings. The zero-order chi connectivity index (χ0) is 36.6. The molecule has 0 atom stereocenters. The van der Waals surface area contributed by atoms with Gasteiger partial charge in [0.1, 0.15) is 0 Å². The number of hydrogen-bond donors (Lipinski definition) is 0. The van der Waals surface area contributed by atoms with E-state index in [1.807, 2.05) is 6.07 Å². The Morgan fingerprint density at radius 3 is 1.53 bits per heavy atom. The molecule has 0 N–H and O–H groups in total. The Morgan fingerprint density at radius 1 is 0.291 bits per heavy atom. The van der Waals surface area contributed by atoms with Gasteiger partial charge in [0.2, 0.25) is 0 Å². The third-order valence-corrected chi connectivity index (χ3v) is 12.8. The van der Waals surface area contributed by atoms with Crippen molar-refractivity contribution in [2.45, 2.75) is 0 Å². The second-order valence-electron chi connectivity index (χ2n) is 13.6. The van der Waals surface area contributed by atoms with Gasteiger partial charge in [-0.1, -0.05) is 0 Å². The van der Waals surface area contributed by atoms with Gasteiger partial charge in [-0.05, 0) is 0 Å². The van der Waals surface area contributed by atoms with E-state index in [1.54, 1.807) is 0 Å². The molecule has 0 unspecified atom stereocenters. The fourth-order valence-electron chi connectivity index (χ4n) is 7.96. The van der Waals surface area contributed by atoms with Crippen LogP contribution < -0.4 is 0 Å². The van der Waals surface area contributed by atoms with Crippen LogP contribution in [0.2, 0.25) is 0 Å². The van der Waals surface area contributed by atoms with Gasteiger partial charge in [-0.3, -0.25) is 0 Å². The van der Waals surface area contributed by atoms with Gasteiger partial charge in [0, 0.05) is 0 Å². The topological polar surface area (TPSA) is 38.7 Å². The Kier molecular flexibility index (Phi) is 8.53. The monoisotopic (exact) mass is 767 g/mol. The minimum absolute atomic E-state index is 0.168. The van der Waals surface area contributed by atoms with E-state index in [-0.39, 0.29) is 14.5 Å². The van der Waals surface area contributed by atoms with Crippen LogP contribution in [0.5, 0.6) is 0 Å². The first kappa shape index (κ1) is 32.9. The maximum atomic E-state index is 5.03. The van der Waals surface area contributed by atoms with Gasteiger partial charge in [-0.2, -0.15) is 0 Å². The number of rotatable bonds is 7. The van der Waals surface area contributed by atoms with Crippen LogP contribution in [0.25, 0.3) is 97.4 Å². The molecule has 0 saturated heterocycles. The molecular formula is C51H33N3Se. The van der Waals surface area contributed by atoms with E-state index in [2.05, 4.69) is 199 Å². The van der Waals surface area contributed by atoms with Crippen LogP contribution in [-0.2, 0) is 0 Å². The fourth-order valence-corrected chi connectivity index (χ4v) is 10.3. The summed E-state index contributed by atoms with van der Waals surface area (Å²) < 4.78 is 2.79. The number of hydrogen-bond acceptors (Lipinski definition) is 3. The number of nitrogens with zero attached hydrogens (tertiary/aromatic N) is 3. The first-order valence-corrected chi connectivity index (χ1v) is 20.2. The molecule has 10 rings (SSSR count). The Hall–Kier alpha value is -6.71. The molecule has 10 aromatic rings. The van der Waals surface area contributed by atoms with Gasteiger partial charge in [-0.25, -0.2) is 0 Å². The minimum atomic E-state index is 0.168. The molecule has 4 heteroatoms. The first-order chi connectivity index (χ1) is 27.3. The number of fused-ring (bicyclic) bond motifs is 3. The zero-order valence-electron chi connectivity index (χ0n) is 29.8. The van der Waals surface area contributed by atoms with E-state index in [0.29, 0.717) is 0 Å². The number of benzene rings is 8. The van der Waals surface area contributed by atoms with Gasteiger partial charge in [0.25, 0.3) is 0 Å². The number of aromatic nitrogens is 3.